The quantitative estimate of drug-likeness (QED) is 0.866. The van der Waals surface area contributed by atoms with Gasteiger partial charge < -0.3 is 9.84 Å². The van der Waals surface area contributed by atoms with Gasteiger partial charge in [0.25, 0.3) is 0 Å². The van der Waals surface area contributed by atoms with Crippen molar-refractivity contribution in [3.63, 3.8) is 0 Å². The number of aryl methyl sites for hydroxylation is 2. The molecule has 88 valence electrons. The highest BCUT2D eigenvalue weighted by Crippen LogP contribution is 2.23. The highest BCUT2D eigenvalue weighted by atomic mass is 79.9. The molecule has 0 aliphatic rings. The van der Waals surface area contributed by atoms with E-state index in [1.807, 2.05) is 26.0 Å². The molecule has 0 spiro atoms. The van der Waals surface area contributed by atoms with E-state index in [2.05, 4.69) is 20.7 Å². The summed E-state index contributed by atoms with van der Waals surface area (Å²) in [5, 5.41) is 9.54. The topological polar surface area (TPSA) is 46.5 Å². The minimum atomic E-state index is -1.09. The third-order valence-corrected chi connectivity index (χ3v) is 3.65. The molecule has 0 bridgehead atoms. The molecule has 1 aromatic rings. The Morgan fingerprint density at radius 3 is 2.38 bits per heavy atom. The van der Waals surface area contributed by atoms with Gasteiger partial charge in [-0.05, 0) is 30.5 Å². The van der Waals surface area contributed by atoms with Crippen molar-refractivity contribution in [2.45, 2.75) is 26.4 Å². The summed E-state index contributed by atoms with van der Waals surface area (Å²) in [6.45, 7) is 3.95. The fraction of sp³-hybridized carbons (Fsp3) is 0.417. The molecule has 4 heteroatoms. The monoisotopic (exact) mass is 286 g/mol. The molecule has 1 N–H and O–H groups in total. The Hall–Kier alpha value is -0.870. The molecule has 1 unspecified atom stereocenters. The van der Waals surface area contributed by atoms with Crippen molar-refractivity contribution in [2.24, 2.45) is 0 Å². The summed E-state index contributed by atoms with van der Waals surface area (Å²) in [5.74, 6) is -0.599. The fourth-order valence-corrected chi connectivity index (χ4v) is 1.82. The van der Waals surface area contributed by atoms with E-state index in [0.29, 0.717) is 0 Å². The van der Waals surface area contributed by atoms with Crippen LogP contribution in [0.25, 0.3) is 0 Å². The number of aliphatic hydroxyl groups excluding tert-OH is 1. The minimum absolute atomic E-state index is 0.279. The van der Waals surface area contributed by atoms with E-state index in [-0.39, 0.29) is 6.42 Å². The molecule has 3 nitrogen and oxygen atoms in total. The second-order valence-electron chi connectivity index (χ2n) is 3.79. The highest BCUT2D eigenvalue weighted by Gasteiger charge is 2.16. The van der Waals surface area contributed by atoms with E-state index in [0.717, 1.165) is 21.2 Å². The predicted octanol–water partition coefficient (Wildman–Crippen LogP) is 2.14. The van der Waals surface area contributed by atoms with Gasteiger partial charge in [-0.3, -0.25) is 0 Å². The number of esters is 1. The van der Waals surface area contributed by atoms with Crippen LogP contribution in [-0.2, 0) is 16.0 Å². The Labute approximate surface area is 104 Å². The number of hydrogen-bond donors (Lipinski definition) is 1. The van der Waals surface area contributed by atoms with Gasteiger partial charge in [0.15, 0.2) is 6.10 Å². The molecule has 0 radical (unpaired) electrons. The summed E-state index contributed by atoms with van der Waals surface area (Å²) < 4.78 is 5.53. The van der Waals surface area contributed by atoms with Crippen LogP contribution in [0.15, 0.2) is 16.6 Å². The van der Waals surface area contributed by atoms with Crippen LogP contribution in [-0.4, -0.2) is 24.3 Å². The van der Waals surface area contributed by atoms with Gasteiger partial charge in [0.05, 0.1) is 7.11 Å². The van der Waals surface area contributed by atoms with Crippen LogP contribution in [0.1, 0.15) is 16.7 Å². The van der Waals surface area contributed by atoms with Crippen molar-refractivity contribution in [3.8, 4) is 0 Å². The zero-order valence-electron chi connectivity index (χ0n) is 9.58. The average molecular weight is 287 g/mol. The van der Waals surface area contributed by atoms with Crippen molar-refractivity contribution in [2.75, 3.05) is 7.11 Å². The molecule has 16 heavy (non-hydrogen) atoms. The molecule has 1 atom stereocenters. The Balaban J connectivity index is 2.86. The lowest BCUT2D eigenvalue weighted by Crippen LogP contribution is -2.24. The number of hydrogen-bond acceptors (Lipinski definition) is 3. The summed E-state index contributed by atoms with van der Waals surface area (Å²) >= 11 is 3.47. The number of halogens is 1. The van der Waals surface area contributed by atoms with E-state index < -0.39 is 12.1 Å². The minimum Gasteiger partial charge on any atom is -0.467 e. The second kappa shape index (κ2) is 5.46. The molecular weight excluding hydrogens is 272 g/mol. The zero-order chi connectivity index (χ0) is 12.3. The molecule has 0 heterocycles. The normalized spacial score (nSPS) is 12.3. The summed E-state index contributed by atoms with van der Waals surface area (Å²) in [4.78, 5) is 11.1. The van der Waals surface area contributed by atoms with Gasteiger partial charge in [0.1, 0.15) is 0 Å². The fourth-order valence-electron chi connectivity index (χ4n) is 1.60. The first kappa shape index (κ1) is 13.2. The first-order valence-electron chi connectivity index (χ1n) is 4.97. The van der Waals surface area contributed by atoms with Crippen LogP contribution in [0.4, 0.5) is 0 Å². The van der Waals surface area contributed by atoms with Crippen LogP contribution in [0, 0.1) is 13.8 Å². The maximum Gasteiger partial charge on any atom is 0.335 e. The first-order valence-corrected chi connectivity index (χ1v) is 5.76. The van der Waals surface area contributed by atoms with E-state index in [9.17, 15) is 9.90 Å². The Morgan fingerprint density at radius 1 is 1.44 bits per heavy atom. The van der Waals surface area contributed by atoms with Gasteiger partial charge in [-0.2, -0.15) is 0 Å². The highest BCUT2D eigenvalue weighted by molar-refractivity contribution is 9.10. The summed E-state index contributed by atoms with van der Waals surface area (Å²) in [5.41, 5.74) is 3.11. The van der Waals surface area contributed by atoms with Crippen LogP contribution >= 0.6 is 15.9 Å². The molecule has 0 saturated heterocycles. The van der Waals surface area contributed by atoms with Gasteiger partial charge in [-0.15, -0.1) is 0 Å². The number of ether oxygens (including phenoxy) is 1. The largest absolute Gasteiger partial charge is 0.467 e. The number of methoxy groups -OCH3 is 1. The van der Waals surface area contributed by atoms with E-state index in [1.54, 1.807) is 0 Å². The lowest BCUT2D eigenvalue weighted by Gasteiger charge is -2.11. The van der Waals surface area contributed by atoms with Gasteiger partial charge >= 0.3 is 5.97 Å². The molecular formula is C12H15BrO3. The Bertz CT molecular complexity index is 378. The van der Waals surface area contributed by atoms with Crippen LogP contribution in [0.2, 0.25) is 0 Å². The van der Waals surface area contributed by atoms with Crippen molar-refractivity contribution in [1.82, 2.24) is 0 Å². The van der Waals surface area contributed by atoms with Crippen LogP contribution < -0.4 is 0 Å². The van der Waals surface area contributed by atoms with Crippen LogP contribution in [0.3, 0.4) is 0 Å². The van der Waals surface area contributed by atoms with E-state index in [1.165, 1.54) is 7.11 Å². The van der Waals surface area contributed by atoms with Crippen molar-refractivity contribution in [1.29, 1.82) is 0 Å². The van der Waals surface area contributed by atoms with Gasteiger partial charge in [-0.25, -0.2) is 4.79 Å². The summed E-state index contributed by atoms with van der Waals surface area (Å²) in [6, 6.07) is 3.90. The van der Waals surface area contributed by atoms with Gasteiger partial charge in [0.2, 0.25) is 0 Å². The number of rotatable bonds is 3. The smallest absolute Gasteiger partial charge is 0.335 e. The standard InChI is InChI=1S/C12H15BrO3/c1-7-4-9(5-8(2)11(7)13)6-10(14)12(15)16-3/h4-5,10,14H,6H2,1-3H3. The molecule has 0 fully saturated rings. The van der Waals surface area contributed by atoms with Gasteiger partial charge in [0, 0.05) is 10.9 Å². The summed E-state index contributed by atoms with van der Waals surface area (Å²) in [7, 11) is 1.27. The molecule has 0 saturated carbocycles. The number of aliphatic hydroxyl groups is 1. The van der Waals surface area contributed by atoms with Gasteiger partial charge in [-0.1, -0.05) is 28.1 Å². The molecule has 0 aliphatic heterocycles. The lowest BCUT2D eigenvalue weighted by molar-refractivity contribution is -0.150. The second-order valence-corrected chi connectivity index (χ2v) is 4.58. The van der Waals surface area contributed by atoms with E-state index in [4.69, 9.17) is 0 Å². The molecule has 1 rings (SSSR count). The van der Waals surface area contributed by atoms with Crippen molar-refractivity contribution < 1.29 is 14.6 Å². The molecule has 0 aliphatic carbocycles. The summed E-state index contributed by atoms with van der Waals surface area (Å²) in [6.07, 6.45) is -0.813. The van der Waals surface area contributed by atoms with E-state index >= 15 is 0 Å². The maximum atomic E-state index is 11.1. The molecule has 0 amide bonds. The number of benzene rings is 1. The zero-order valence-corrected chi connectivity index (χ0v) is 11.2. The maximum absolute atomic E-state index is 11.1. The molecule has 0 aromatic heterocycles. The number of carbonyl (C=O) groups is 1. The number of carbonyl (C=O) groups excluding carboxylic acids is 1. The Kier molecular flexibility index (Phi) is 4.50. The van der Waals surface area contributed by atoms with Crippen molar-refractivity contribution in [3.05, 3.63) is 33.3 Å². The Morgan fingerprint density at radius 2 is 1.94 bits per heavy atom. The van der Waals surface area contributed by atoms with Crippen molar-refractivity contribution >= 4 is 21.9 Å². The SMILES string of the molecule is COC(=O)C(O)Cc1cc(C)c(Br)c(C)c1. The average Bonchev–Trinajstić information content (AvgIpc) is 2.24. The predicted molar refractivity (Wildman–Crippen MR) is 65.3 cm³/mol. The lowest BCUT2D eigenvalue weighted by atomic mass is 10.0. The molecule has 1 aromatic carbocycles. The third kappa shape index (κ3) is 3.06. The third-order valence-electron chi connectivity index (χ3n) is 2.40. The van der Waals surface area contributed by atoms with Crippen LogP contribution in [0.5, 0.6) is 0 Å². The first-order chi connectivity index (χ1) is 7.45.